The Hall–Kier alpha value is -0.940. The summed E-state index contributed by atoms with van der Waals surface area (Å²) in [6.07, 6.45) is 3.83. The average molecular weight is 225 g/mol. The van der Waals surface area contributed by atoms with Gasteiger partial charge in [-0.2, -0.15) is 4.98 Å². The Morgan fingerprint density at radius 2 is 2.31 bits per heavy atom. The van der Waals surface area contributed by atoms with Gasteiger partial charge in [0.1, 0.15) is 0 Å². The van der Waals surface area contributed by atoms with E-state index in [1.54, 1.807) is 0 Å². The summed E-state index contributed by atoms with van der Waals surface area (Å²) in [5.74, 6) is 1.34. The molecule has 0 amide bonds. The van der Waals surface area contributed by atoms with Crippen LogP contribution in [0.3, 0.4) is 0 Å². The van der Waals surface area contributed by atoms with Crippen molar-refractivity contribution in [2.45, 2.75) is 51.2 Å². The van der Waals surface area contributed by atoms with Crippen LogP contribution in [-0.2, 0) is 17.6 Å². The molecule has 0 aromatic carbocycles. The van der Waals surface area contributed by atoms with E-state index in [4.69, 9.17) is 15.0 Å². The van der Waals surface area contributed by atoms with Crippen LogP contribution in [0.5, 0.6) is 0 Å². The number of nitrogens with zero attached hydrogens (tertiary/aromatic N) is 2. The van der Waals surface area contributed by atoms with E-state index in [-0.39, 0.29) is 11.6 Å². The highest BCUT2D eigenvalue weighted by Crippen LogP contribution is 2.16. The van der Waals surface area contributed by atoms with Crippen molar-refractivity contribution >= 4 is 0 Å². The lowest BCUT2D eigenvalue weighted by molar-refractivity contribution is 0.109. The number of nitrogens with two attached hydrogens (primary N) is 1. The lowest BCUT2D eigenvalue weighted by Crippen LogP contribution is -2.34. The van der Waals surface area contributed by atoms with Crippen LogP contribution >= 0.6 is 0 Å². The molecule has 0 bridgehead atoms. The molecule has 2 N–H and O–H groups in total. The summed E-state index contributed by atoms with van der Waals surface area (Å²) in [5, 5.41) is 3.94. The van der Waals surface area contributed by atoms with E-state index in [1.807, 2.05) is 13.8 Å². The van der Waals surface area contributed by atoms with Crippen LogP contribution in [0.25, 0.3) is 0 Å². The van der Waals surface area contributed by atoms with Gasteiger partial charge >= 0.3 is 0 Å². The topological polar surface area (TPSA) is 74.2 Å². The van der Waals surface area contributed by atoms with Gasteiger partial charge in [-0.3, -0.25) is 0 Å². The van der Waals surface area contributed by atoms with Crippen LogP contribution in [0.4, 0.5) is 0 Å². The smallest absolute Gasteiger partial charge is 0.228 e. The normalized spacial score (nSPS) is 21.6. The van der Waals surface area contributed by atoms with Crippen LogP contribution in [0.1, 0.15) is 38.4 Å². The van der Waals surface area contributed by atoms with Gasteiger partial charge in [0.15, 0.2) is 5.82 Å². The Morgan fingerprint density at radius 1 is 1.50 bits per heavy atom. The molecule has 1 fully saturated rings. The number of ether oxygens (including phenoxy) is 1. The van der Waals surface area contributed by atoms with E-state index in [9.17, 15) is 0 Å². The van der Waals surface area contributed by atoms with E-state index in [1.165, 1.54) is 0 Å². The van der Waals surface area contributed by atoms with Gasteiger partial charge in [-0.1, -0.05) is 5.16 Å². The van der Waals surface area contributed by atoms with Gasteiger partial charge in [0.05, 0.1) is 6.10 Å². The summed E-state index contributed by atoms with van der Waals surface area (Å²) < 4.78 is 10.7. The van der Waals surface area contributed by atoms with Crippen LogP contribution in [0.2, 0.25) is 0 Å². The zero-order valence-corrected chi connectivity index (χ0v) is 9.90. The number of rotatable bonds is 4. The van der Waals surface area contributed by atoms with E-state index < -0.39 is 0 Å². The molecule has 1 aromatic heterocycles. The highest BCUT2D eigenvalue weighted by atomic mass is 16.5. The summed E-state index contributed by atoms with van der Waals surface area (Å²) in [7, 11) is 0. The molecule has 1 atom stereocenters. The lowest BCUT2D eigenvalue weighted by Gasteiger charge is -2.14. The van der Waals surface area contributed by atoms with Crippen molar-refractivity contribution in [1.82, 2.24) is 10.1 Å². The second-order valence-corrected chi connectivity index (χ2v) is 5.11. The molecule has 2 heterocycles. The summed E-state index contributed by atoms with van der Waals surface area (Å²) in [4.78, 5) is 4.32. The average Bonchev–Trinajstić information content (AvgIpc) is 2.75. The third-order valence-corrected chi connectivity index (χ3v) is 2.55. The molecule has 5 heteroatoms. The van der Waals surface area contributed by atoms with Crippen molar-refractivity contribution in [1.29, 1.82) is 0 Å². The first-order valence-corrected chi connectivity index (χ1v) is 5.75. The Labute approximate surface area is 95.3 Å². The maximum absolute atomic E-state index is 5.89. The van der Waals surface area contributed by atoms with Crippen LogP contribution in [-0.4, -0.2) is 28.4 Å². The predicted molar refractivity (Wildman–Crippen MR) is 58.9 cm³/mol. The molecular formula is C11H19N3O2. The van der Waals surface area contributed by atoms with E-state index in [0.717, 1.165) is 31.7 Å². The molecule has 1 unspecified atom stereocenters. The molecule has 1 aromatic rings. The zero-order valence-electron chi connectivity index (χ0n) is 9.90. The number of aromatic nitrogens is 2. The summed E-state index contributed by atoms with van der Waals surface area (Å²) in [5.41, 5.74) is 5.58. The van der Waals surface area contributed by atoms with E-state index in [0.29, 0.717) is 12.3 Å². The minimum Gasteiger partial charge on any atom is -0.378 e. The fourth-order valence-corrected chi connectivity index (χ4v) is 1.84. The number of hydrogen-bond donors (Lipinski definition) is 1. The van der Waals surface area contributed by atoms with Crippen molar-refractivity contribution in [2.24, 2.45) is 5.73 Å². The SMILES string of the molecule is CC(C)(N)Cc1nc(CC2CCCO2)no1. The molecule has 0 spiro atoms. The molecule has 0 radical (unpaired) electrons. The summed E-state index contributed by atoms with van der Waals surface area (Å²) >= 11 is 0. The van der Waals surface area contributed by atoms with Gasteiger partial charge in [-0.05, 0) is 26.7 Å². The second kappa shape index (κ2) is 4.51. The van der Waals surface area contributed by atoms with Crippen molar-refractivity contribution in [3.63, 3.8) is 0 Å². The van der Waals surface area contributed by atoms with E-state index >= 15 is 0 Å². The molecule has 16 heavy (non-hydrogen) atoms. The molecule has 1 saturated heterocycles. The molecular weight excluding hydrogens is 206 g/mol. The predicted octanol–water partition coefficient (Wildman–Crippen LogP) is 1.07. The standard InChI is InChI=1S/C11H19N3O2/c1-11(2,12)7-10-13-9(14-16-10)6-8-4-3-5-15-8/h8H,3-7,12H2,1-2H3. The van der Waals surface area contributed by atoms with Crippen molar-refractivity contribution in [3.05, 3.63) is 11.7 Å². The molecule has 5 nitrogen and oxygen atoms in total. The van der Waals surface area contributed by atoms with Gasteiger partial charge < -0.3 is 15.0 Å². The van der Waals surface area contributed by atoms with Crippen molar-refractivity contribution in [3.8, 4) is 0 Å². The third kappa shape index (κ3) is 3.28. The molecule has 1 aliphatic rings. The van der Waals surface area contributed by atoms with Crippen LogP contribution < -0.4 is 5.73 Å². The van der Waals surface area contributed by atoms with Crippen molar-refractivity contribution in [2.75, 3.05) is 6.61 Å². The first-order chi connectivity index (χ1) is 7.53. The third-order valence-electron chi connectivity index (χ3n) is 2.55. The molecule has 2 rings (SSSR count). The van der Waals surface area contributed by atoms with E-state index in [2.05, 4.69) is 10.1 Å². The summed E-state index contributed by atoms with van der Waals surface area (Å²) in [6.45, 7) is 4.74. The lowest BCUT2D eigenvalue weighted by atomic mass is 10.0. The molecule has 0 saturated carbocycles. The quantitative estimate of drug-likeness (QED) is 0.829. The van der Waals surface area contributed by atoms with Gasteiger partial charge in [-0.15, -0.1) is 0 Å². The van der Waals surface area contributed by atoms with Gasteiger partial charge in [0.2, 0.25) is 5.89 Å². The minimum atomic E-state index is -0.312. The fraction of sp³-hybridized carbons (Fsp3) is 0.818. The highest BCUT2D eigenvalue weighted by molar-refractivity contribution is 4.94. The number of hydrogen-bond acceptors (Lipinski definition) is 5. The Morgan fingerprint density at radius 3 is 2.94 bits per heavy atom. The maximum atomic E-state index is 5.89. The minimum absolute atomic E-state index is 0.260. The molecule has 90 valence electrons. The fourth-order valence-electron chi connectivity index (χ4n) is 1.84. The maximum Gasteiger partial charge on any atom is 0.228 e. The largest absolute Gasteiger partial charge is 0.378 e. The van der Waals surface area contributed by atoms with Crippen LogP contribution in [0, 0.1) is 0 Å². The Kier molecular flexibility index (Phi) is 3.25. The van der Waals surface area contributed by atoms with Gasteiger partial charge in [-0.25, -0.2) is 0 Å². The highest BCUT2D eigenvalue weighted by Gasteiger charge is 2.21. The monoisotopic (exact) mass is 225 g/mol. The molecule has 0 aliphatic carbocycles. The molecule has 1 aliphatic heterocycles. The van der Waals surface area contributed by atoms with Gasteiger partial charge in [0.25, 0.3) is 0 Å². The van der Waals surface area contributed by atoms with Crippen LogP contribution in [0.15, 0.2) is 4.52 Å². The van der Waals surface area contributed by atoms with Gasteiger partial charge in [0, 0.05) is 25.0 Å². The Bertz CT molecular complexity index is 337. The zero-order chi connectivity index (χ0) is 11.6. The van der Waals surface area contributed by atoms with Crippen molar-refractivity contribution < 1.29 is 9.26 Å². The Balaban J connectivity index is 1.91. The first kappa shape index (κ1) is 11.5. The second-order valence-electron chi connectivity index (χ2n) is 5.11. The summed E-state index contributed by atoms with van der Waals surface area (Å²) in [6, 6.07) is 0. The first-order valence-electron chi connectivity index (χ1n) is 5.75.